The molecule has 0 spiro atoms. The third-order valence-corrected chi connectivity index (χ3v) is 2.47. The van der Waals surface area contributed by atoms with E-state index in [0.717, 1.165) is 10.2 Å². The van der Waals surface area contributed by atoms with Crippen molar-refractivity contribution in [3.8, 4) is 11.8 Å². The Bertz CT molecular complexity index is 539. The van der Waals surface area contributed by atoms with Gasteiger partial charge in [0.2, 0.25) is 0 Å². The van der Waals surface area contributed by atoms with E-state index >= 15 is 0 Å². The van der Waals surface area contributed by atoms with Crippen molar-refractivity contribution in [1.82, 2.24) is 9.78 Å². The molecule has 0 aliphatic rings. The van der Waals surface area contributed by atoms with Gasteiger partial charge in [-0.05, 0) is 18.2 Å². The molecule has 0 saturated carbocycles. The molecule has 1 aromatic carbocycles. The lowest BCUT2D eigenvalue weighted by molar-refractivity contribution is 0.890. The van der Waals surface area contributed by atoms with Crippen LogP contribution < -0.4 is 5.73 Å². The van der Waals surface area contributed by atoms with Crippen molar-refractivity contribution in [2.45, 2.75) is 0 Å². The standard InChI is InChI=1S/C10H7BrN4/c11-8-2-1-3-9(4-8)15-10(13)7(5-12)6-14-15/h1-4,6H,13H2. The number of benzene rings is 1. The molecule has 1 heterocycles. The number of halogens is 1. The molecule has 5 heteroatoms. The van der Waals surface area contributed by atoms with Crippen LogP contribution >= 0.6 is 15.9 Å². The molecule has 0 bridgehead atoms. The van der Waals surface area contributed by atoms with Crippen molar-refractivity contribution in [3.05, 3.63) is 40.5 Å². The number of anilines is 1. The molecule has 0 amide bonds. The SMILES string of the molecule is N#Cc1cnn(-c2cccc(Br)c2)c1N. The number of nitriles is 1. The van der Waals surface area contributed by atoms with Gasteiger partial charge >= 0.3 is 0 Å². The quantitative estimate of drug-likeness (QED) is 0.856. The zero-order valence-electron chi connectivity index (χ0n) is 7.68. The van der Waals surface area contributed by atoms with Crippen LogP contribution in [0.15, 0.2) is 34.9 Å². The highest BCUT2D eigenvalue weighted by Gasteiger charge is 2.07. The van der Waals surface area contributed by atoms with Crippen LogP contribution in [0.5, 0.6) is 0 Å². The average molecular weight is 263 g/mol. The fourth-order valence-corrected chi connectivity index (χ4v) is 1.64. The molecular weight excluding hydrogens is 256 g/mol. The van der Waals surface area contributed by atoms with Crippen LogP contribution in [0.4, 0.5) is 5.82 Å². The maximum absolute atomic E-state index is 8.74. The Hall–Kier alpha value is -1.80. The molecule has 4 nitrogen and oxygen atoms in total. The Kier molecular flexibility index (Phi) is 2.44. The lowest BCUT2D eigenvalue weighted by Gasteiger charge is -2.03. The average Bonchev–Trinajstić information content (AvgIpc) is 2.59. The van der Waals surface area contributed by atoms with Gasteiger partial charge in [-0.3, -0.25) is 0 Å². The second-order valence-corrected chi connectivity index (χ2v) is 3.86. The van der Waals surface area contributed by atoms with E-state index in [-0.39, 0.29) is 0 Å². The fraction of sp³-hybridized carbons (Fsp3) is 0. The largest absolute Gasteiger partial charge is 0.382 e. The van der Waals surface area contributed by atoms with Gasteiger partial charge in [-0.15, -0.1) is 0 Å². The van der Waals surface area contributed by atoms with Gasteiger partial charge in [0.25, 0.3) is 0 Å². The van der Waals surface area contributed by atoms with Crippen molar-refractivity contribution in [3.63, 3.8) is 0 Å². The normalized spacial score (nSPS) is 9.87. The van der Waals surface area contributed by atoms with Crippen LogP contribution in [0.1, 0.15) is 5.56 Å². The molecule has 0 fully saturated rings. The van der Waals surface area contributed by atoms with E-state index in [4.69, 9.17) is 11.0 Å². The molecule has 0 aliphatic heterocycles. The molecular formula is C10H7BrN4. The highest BCUT2D eigenvalue weighted by Crippen LogP contribution is 2.19. The minimum atomic E-state index is 0.357. The molecule has 15 heavy (non-hydrogen) atoms. The minimum Gasteiger partial charge on any atom is -0.382 e. The molecule has 1 aromatic heterocycles. The molecule has 74 valence electrons. The lowest BCUT2D eigenvalue weighted by atomic mass is 10.3. The number of aromatic nitrogens is 2. The van der Waals surface area contributed by atoms with Gasteiger partial charge in [0.15, 0.2) is 0 Å². The summed E-state index contributed by atoms with van der Waals surface area (Å²) in [5.74, 6) is 0.357. The predicted molar refractivity (Wildman–Crippen MR) is 60.4 cm³/mol. The first kappa shape index (κ1) is 9.74. The summed E-state index contributed by atoms with van der Waals surface area (Å²) in [6.45, 7) is 0. The van der Waals surface area contributed by atoms with Gasteiger partial charge in [0.05, 0.1) is 11.9 Å². The van der Waals surface area contributed by atoms with Crippen LogP contribution in [-0.2, 0) is 0 Å². The first-order chi connectivity index (χ1) is 7.22. The second kappa shape index (κ2) is 3.75. The van der Waals surface area contributed by atoms with Crippen LogP contribution in [0.25, 0.3) is 5.69 Å². The summed E-state index contributed by atoms with van der Waals surface area (Å²) < 4.78 is 2.47. The first-order valence-electron chi connectivity index (χ1n) is 4.22. The van der Waals surface area contributed by atoms with Crippen molar-refractivity contribution >= 4 is 21.7 Å². The zero-order chi connectivity index (χ0) is 10.8. The van der Waals surface area contributed by atoms with Crippen LogP contribution in [-0.4, -0.2) is 9.78 Å². The van der Waals surface area contributed by atoms with Crippen molar-refractivity contribution in [2.75, 3.05) is 5.73 Å². The number of nitrogen functional groups attached to an aromatic ring is 1. The summed E-state index contributed by atoms with van der Waals surface area (Å²) in [7, 11) is 0. The summed E-state index contributed by atoms with van der Waals surface area (Å²) in [4.78, 5) is 0. The van der Waals surface area contributed by atoms with Gasteiger partial charge in [0, 0.05) is 4.47 Å². The van der Waals surface area contributed by atoms with E-state index in [9.17, 15) is 0 Å². The van der Waals surface area contributed by atoms with Crippen LogP contribution in [0, 0.1) is 11.3 Å². The molecule has 0 unspecified atom stereocenters. The van der Waals surface area contributed by atoms with Crippen molar-refractivity contribution in [1.29, 1.82) is 5.26 Å². The highest BCUT2D eigenvalue weighted by molar-refractivity contribution is 9.10. The van der Waals surface area contributed by atoms with E-state index in [1.807, 2.05) is 30.3 Å². The maximum Gasteiger partial charge on any atom is 0.145 e. The molecule has 2 N–H and O–H groups in total. The smallest absolute Gasteiger partial charge is 0.145 e. The molecule has 0 saturated heterocycles. The van der Waals surface area contributed by atoms with Gasteiger partial charge in [-0.25, -0.2) is 4.68 Å². The highest BCUT2D eigenvalue weighted by atomic mass is 79.9. The van der Waals surface area contributed by atoms with Crippen molar-refractivity contribution < 1.29 is 0 Å². The zero-order valence-corrected chi connectivity index (χ0v) is 9.27. The maximum atomic E-state index is 8.74. The monoisotopic (exact) mass is 262 g/mol. The Balaban J connectivity index is 2.56. The Labute approximate surface area is 95.1 Å². The minimum absolute atomic E-state index is 0.357. The number of nitrogens with zero attached hydrogens (tertiary/aromatic N) is 3. The third kappa shape index (κ3) is 1.72. The molecule has 0 atom stereocenters. The predicted octanol–water partition coefficient (Wildman–Crippen LogP) is 2.09. The summed E-state index contributed by atoms with van der Waals surface area (Å²) in [5.41, 5.74) is 6.97. The number of rotatable bonds is 1. The number of hydrogen-bond acceptors (Lipinski definition) is 3. The van der Waals surface area contributed by atoms with E-state index in [1.54, 1.807) is 0 Å². The Morgan fingerprint density at radius 3 is 2.87 bits per heavy atom. The molecule has 2 rings (SSSR count). The second-order valence-electron chi connectivity index (χ2n) is 2.95. The fourth-order valence-electron chi connectivity index (χ4n) is 1.26. The van der Waals surface area contributed by atoms with Gasteiger partial charge in [-0.1, -0.05) is 22.0 Å². The van der Waals surface area contributed by atoms with Gasteiger partial charge in [0.1, 0.15) is 17.5 Å². The molecule has 0 aliphatic carbocycles. The Morgan fingerprint density at radius 2 is 2.27 bits per heavy atom. The first-order valence-corrected chi connectivity index (χ1v) is 5.01. The molecule has 0 radical (unpaired) electrons. The van der Waals surface area contributed by atoms with Crippen molar-refractivity contribution in [2.24, 2.45) is 0 Å². The number of hydrogen-bond donors (Lipinski definition) is 1. The van der Waals surface area contributed by atoms with E-state index in [2.05, 4.69) is 21.0 Å². The van der Waals surface area contributed by atoms with Gasteiger partial charge in [-0.2, -0.15) is 10.4 Å². The summed E-state index contributed by atoms with van der Waals surface area (Å²) in [5, 5.41) is 12.8. The number of nitrogens with two attached hydrogens (primary N) is 1. The van der Waals surface area contributed by atoms with Crippen LogP contribution in [0.2, 0.25) is 0 Å². The lowest BCUT2D eigenvalue weighted by Crippen LogP contribution is -2.02. The third-order valence-electron chi connectivity index (χ3n) is 1.98. The summed E-state index contributed by atoms with van der Waals surface area (Å²) in [6, 6.07) is 9.52. The summed E-state index contributed by atoms with van der Waals surface area (Å²) >= 11 is 3.36. The van der Waals surface area contributed by atoms with E-state index in [0.29, 0.717) is 11.4 Å². The van der Waals surface area contributed by atoms with E-state index in [1.165, 1.54) is 10.9 Å². The summed E-state index contributed by atoms with van der Waals surface area (Å²) in [6.07, 6.45) is 1.45. The van der Waals surface area contributed by atoms with Gasteiger partial charge < -0.3 is 5.73 Å². The Morgan fingerprint density at radius 1 is 1.47 bits per heavy atom. The van der Waals surface area contributed by atoms with Crippen LogP contribution in [0.3, 0.4) is 0 Å². The topological polar surface area (TPSA) is 67.6 Å². The van der Waals surface area contributed by atoms with E-state index < -0.39 is 0 Å². The molecule has 2 aromatic rings.